The smallest absolute Gasteiger partial charge is 0.145 e. The van der Waals surface area contributed by atoms with Crippen molar-refractivity contribution in [2.45, 2.75) is 13.0 Å². The second-order valence-electron chi connectivity index (χ2n) is 5.30. The van der Waals surface area contributed by atoms with Gasteiger partial charge in [-0.2, -0.15) is 0 Å². The van der Waals surface area contributed by atoms with Gasteiger partial charge >= 0.3 is 0 Å². The van der Waals surface area contributed by atoms with Crippen molar-refractivity contribution in [1.29, 1.82) is 0 Å². The van der Waals surface area contributed by atoms with Gasteiger partial charge in [-0.05, 0) is 24.6 Å². The lowest BCUT2D eigenvalue weighted by Gasteiger charge is -2.31. The number of hydrogen-bond acceptors (Lipinski definition) is 4. The highest BCUT2D eigenvalue weighted by molar-refractivity contribution is 9.10. The van der Waals surface area contributed by atoms with Crippen molar-refractivity contribution >= 4 is 15.9 Å². The molecule has 1 atom stereocenters. The Balaban J connectivity index is 1.75. The van der Waals surface area contributed by atoms with E-state index < -0.39 is 0 Å². The lowest BCUT2D eigenvalue weighted by Crippen LogP contribution is -2.44. The zero-order chi connectivity index (χ0) is 14.7. The summed E-state index contributed by atoms with van der Waals surface area (Å²) in [6, 6.07) is 8.48. The van der Waals surface area contributed by atoms with Gasteiger partial charge in [0.1, 0.15) is 5.82 Å². The van der Waals surface area contributed by atoms with Crippen molar-refractivity contribution in [2.24, 2.45) is 0 Å². The summed E-state index contributed by atoms with van der Waals surface area (Å²) in [5.74, 6) is 0.901. The van der Waals surface area contributed by atoms with Crippen molar-refractivity contribution in [2.75, 3.05) is 26.2 Å². The number of benzene rings is 1. The molecule has 2 heterocycles. The predicted molar refractivity (Wildman–Crippen MR) is 88.0 cm³/mol. The monoisotopic (exact) mass is 346 g/mol. The molecule has 4 nitrogen and oxygen atoms in total. The van der Waals surface area contributed by atoms with Crippen LogP contribution in [0.1, 0.15) is 18.8 Å². The molecule has 1 aliphatic heterocycles. The summed E-state index contributed by atoms with van der Waals surface area (Å²) in [6.45, 7) is 6.38. The van der Waals surface area contributed by atoms with E-state index in [1.807, 2.05) is 24.5 Å². The minimum atomic E-state index is 0.270. The van der Waals surface area contributed by atoms with E-state index in [4.69, 9.17) is 0 Å². The molecule has 0 radical (unpaired) electrons. The molecular weight excluding hydrogens is 328 g/mol. The molecule has 1 fully saturated rings. The third-order valence-electron chi connectivity index (χ3n) is 3.92. The number of rotatable bonds is 3. The third-order valence-corrected chi connectivity index (χ3v) is 4.45. The molecule has 0 bridgehead atoms. The topological polar surface area (TPSA) is 41.1 Å². The summed E-state index contributed by atoms with van der Waals surface area (Å²) >= 11 is 3.45. The van der Waals surface area contributed by atoms with Gasteiger partial charge in [-0.15, -0.1) is 0 Å². The molecule has 2 aromatic rings. The quantitative estimate of drug-likeness (QED) is 0.927. The Labute approximate surface area is 133 Å². The van der Waals surface area contributed by atoms with Crippen molar-refractivity contribution in [3.8, 4) is 11.1 Å². The molecule has 1 aromatic carbocycles. The van der Waals surface area contributed by atoms with Crippen molar-refractivity contribution in [3.05, 3.63) is 47.0 Å². The van der Waals surface area contributed by atoms with Crippen LogP contribution in [0.5, 0.6) is 0 Å². The summed E-state index contributed by atoms with van der Waals surface area (Å²) in [5.41, 5.74) is 2.19. The fourth-order valence-corrected chi connectivity index (χ4v) is 2.84. The van der Waals surface area contributed by atoms with E-state index >= 15 is 0 Å². The lowest BCUT2D eigenvalue weighted by molar-refractivity contribution is 0.179. The average Bonchev–Trinajstić information content (AvgIpc) is 2.56. The van der Waals surface area contributed by atoms with Gasteiger partial charge in [0.15, 0.2) is 0 Å². The fraction of sp³-hybridized carbons (Fsp3) is 0.375. The maximum Gasteiger partial charge on any atom is 0.145 e. The first kappa shape index (κ1) is 14.6. The lowest BCUT2D eigenvalue weighted by atomic mass is 10.1. The second kappa shape index (κ2) is 6.64. The first-order valence-electron chi connectivity index (χ1n) is 7.27. The van der Waals surface area contributed by atoms with Crippen LogP contribution >= 0.6 is 15.9 Å². The molecular formula is C16H19BrN4. The molecule has 1 N–H and O–H groups in total. The molecule has 0 aliphatic carbocycles. The number of aromatic nitrogens is 2. The van der Waals surface area contributed by atoms with Gasteiger partial charge in [-0.3, -0.25) is 4.90 Å². The summed E-state index contributed by atoms with van der Waals surface area (Å²) in [6.07, 6.45) is 3.84. The van der Waals surface area contributed by atoms with Crippen LogP contribution in [-0.4, -0.2) is 41.0 Å². The Bertz CT molecular complexity index is 576. The molecule has 3 rings (SSSR count). The van der Waals surface area contributed by atoms with E-state index in [1.165, 1.54) is 0 Å². The van der Waals surface area contributed by atoms with Gasteiger partial charge in [0.2, 0.25) is 0 Å². The normalized spacial score (nSPS) is 17.6. The van der Waals surface area contributed by atoms with Crippen LogP contribution < -0.4 is 5.32 Å². The first-order chi connectivity index (χ1) is 10.2. The van der Waals surface area contributed by atoms with E-state index in [0.717, 1.165) is 47.6 Å². The van der Waals surface area contributed by atoms with E-state index in [2.05, 4.69) is 55.2 Å². The van der Waals surface area contributed by atoms with Gasteiger partial charge in [0.05, 0.1) is 6.04 Å². The molecule has 0 spiro atoms. The van der Waals surface area contributed by atoms with Crippen LogP contribution in [0, 0.1) is 0 Å². The summed E-state index contributed by atoms with van der Waals surface area (Å²) in [4.78, 5) is 11.6. The summed E-state index contributed by atoms with van der Waals surface area (Å²) < 4.78 is 1.08. The number of piperazine rings is 1. The first-order valence-corrected chi connectivity index (χ1v) is 8.06. The van der Waals surface area contributed by atoms with Crippen molar-refractivity contribution in [3.63, 3.8) is 0 Å². The Morgan fingerprint density at radius 3 is 2.29 bits per heavy atom. The zero-order valence-electron chi connectivity index (χ0n) is 12.1. The van der Waals surface area contributed by atoms with Crippen molar-refractivity contribution < 1.29 is 0 Å². The predicted octanol–water partition coefficient (Wildman–Crippen LogP) is 2.87. The van der Waals surface area contributed by atoms with Crippen LogP contribution in [0.4, 0.5) is 0 Å². The molecule has 0 amide bonds. The number of halogens is 1. The maximum atomic E-state index is 4.57. The highest BCUT2D eigenvalue weighted by Crippen LogP contribution is 2.22. The Morgan fingerprint density at radius 2 is 1.67 bits per heavy atom. The minimum Gasteiger partial charge on any atom is -0.314 e. The molecule has 1 saturated heterocycles. The summed E-state index contributed by atoms with van der Waals surface area (Å²) in [7, 11) is 0. The third kappa shape index (κ3) is 3.48. The Kier molecular flexibility index (Phi) is 4.63. The largest absolute Gasteiger partial charge is 0.314 e. The Hall–Kier alpha value is -1.30. The maximum absolute atomic E-state index is 4.57. The van der Waals surface area contributed by atoms with Crippen molar-refractivity contribution in [1.82, 2.24) is 20.2 Å². The highest BCUT2D eigenvalue weighted by atomic mass is 79.9. The van der Waals surface area contributed by atoms with Gasteiger partial charge < -0.3 is 5.32 Å². The fourth-order valence-electron chi connectivity index (χ4n) is 2.58. The molecule has 1 unspecified atom stereocenters. The van der Waals surface area contributed by atoms with Gasteiger partial charge in [-0.1, -0.05) is 28.1 Å². The number of hydrogen-bond donors (Lipinski definition) is 1. The zero-order valence-corrected chi connectivity index (χ0v) is 13.7. The molecule has 1 aliphatic rings. The van der Waals surface area contributed by atoms with Crippen LogP contribution in [-0.2, 0) is 0 Å². The molecule has 110 valence electrons. The summed E-state index contributed by atoms with van der Waals surface area (Å²) in [5, 5.41) is 3.37. The van der Waals surface area contributed by atoms with Crippen LogP contribution in [0.15, 0.2) is 41.1 Å². The van der Waals surface area contributed by atoms with Crippen LogP contribution in [0.2, 0.25) is 0 Å². The van der Waals surface area contributed by atoms with Crippen LogP contribution in [0.25, 0.3) is 11.1 Å². The van der Waals surface area contributed by atoms with Crippen LogP contribution in [0.3, 0.4) is 0 Å². The Morgan fingerprint density at radius 1 is 1.05 bits per heavy atom. The van der Waals surface area contributed by atoms with Gasteiger partial charge in [-0.25, -0.2) is 9.97 Å². The minimum absolute atomic E-state index is 0.270. The number of nitrogens with one attached hydrogen (secondary N) is 1. The number of nitrogens with zero attached hydrogens (tertiary/aromatic N) is 3. The van der Waals surface area contributed by atoms with E-state index in [-0.39, 0.29) is 6.04 Å². The molecule has 21 heavy (non-hydrogen) atoms. The molecule has 0 saturated carbocycles. The van der Waals surface area contributed by atoms with E-state index in [1.54, 1.807) is 0 Å². The SMILES string of the molecule is CC(c1ncc(-c2ccc(Br)cc2)cn1)N1CCNCC1. The van der Waals surface area contributed by atoms with E-state index in [9.17, 15) is 0 Å². The molecule has 5 heteroatoms. The second-order valence-corrected chi connectivity index (χ2v) is 6.21. The highest BCUT2D eigenvalue weighted by Gasteiger charge is 2.19. The van der Waals surface area contributed by atoms with Gasteiger partial charge in [0.25, 0.3) is 0 Å². The average molecular weight is 347 g/mol. The standard InChI is InChI=1S/C16H19BrN4/c1-12(21-8-6-18-7-9-21)16-19-10-14(11-20-16)13-2-4-15(17)5-3-13/h2-5,10-12,18H,6-9H2,1H3. The molecule has 1 aromatic heterocycles. The van der Waals surface area contributed by atoms with E-state index in [0.29, 0.717) is 0 Å². The van der Waals surface area contributed by atoms with Gasteiger partial charge in [0, 0.05) is 48.6 Å².